The van der Waals surface area contributed by atoms with Gasteiger partial charge in [0.15, 0.2) is 0 Å². The van der Waals surface area contributed by atoms with Crippen molar-refractivity contribution in [2.75, 3.05) is 13.2 Å². The van der Waals surface area contributed by atoms with Crippen LogP contribution in [0.25, 0.3) is 0 Å². The van der Waals surface area contributed by atoms with Gasteiger partial charge in [-0.3, -0.25) is 0 Å². The second-order valence-electron chi connectivity index (χ2n) is 3.43. The zero-order valence-corrected chi connectivity index (χ0v) is 9.22. The first-order valence-electron chi connectivity index (χ1n) is 5.16. The monoisotopic (exact) mass is 206 g/mol. The van der Waals surface area contributed by atoms with Gasteiger partial charge in [0.25, 0.3) is 0 Å². The van der Waals surface area contributed by atoms with E-state index in [2.05, 4.69) is 6.92 Å². The Labute approximate surface area is 85.5 Å². The van der Waals surface area contributed by atoms with Crippen LogP contribution in [0.15, 0.2) is 0 Å². The molecule has 0 aromatic rings. The number of unbranched alkanes of at least 4 members (excludes halogenated alkanes) is 1. The van der Waals surface area contributed by atoms with Gasteiger partial charge in [0.05, 0.1) is 11.5 Å². The van der Waals surface area contributed by atoms with Gasteiger partial charge in [-0.25, -0.2) is 0 Å². The fourth-order valence-corrected chi connectivity index (χ4v) is 1.88. The molecule has 0 aromatic heterocycles. The molecule has 0 aromatic carbocycles. The zero-order chi connectivity index (χ0) is 9.68. The topological polar surface area (TPSA) is 18.5 Å². The third-order valence-corrected chi connectivity index (χ3v) is 2.80. The van der Waals surface area contributed by atoms with Crippen molar-refractivity contribution in [1.29, 1.82) is 0 Å². The Morgan fingerprint density at radius 1 is 1.31 bits per heavy atom. The van der Waals surface area contributed by atoms with Crippen molar-refractivity contribution >= 4 is 11.6 Å². The van der Waals surface area contributed by atoms with Crippen LogP contribution in [-0.4, -0.2) is 30.8 Å². The first kappa shape index (κ1) is 11.3. The molecule has 2 nitrogen and oxygen atoms in total. The lowest BCUT2D eigenvalue weighted by atomic mass is 9.91. The Kier molecular flexibility index (Phi) is 5.07. The van der Waals surface area contributed by atoms with E-state index in [1.54, 1.807) is 0 Å². The van der Waals surface area contributed by atoms with E-state index in [4.69, 9.17) is 21.1 Å². The van der Waals surface area contributed by atoms with Crippen molar-refractivity contribution in [3.63, 3.8) is 0 Å². The van der Waals surface area contributed by atoms with Crippen molar-refractivity contribution in [3.05, 3.63) is 0 Å². The summed E-state index contributed by atoms with van der Waals surface area (Å²) < 4.78 is 11.1. The fourth-order valence-electron chi connectivity index (χ4n) is 1.47. The lowest BCUT2D eigenvalue weighted by Gasteiger charge is -2.40. The normalized spacial score (nSPS) is 33.0. The summed E-state index contributed by atoms with van der Waals surface area (Å²) in [5.74, 6) is 0. The first-order chi connectivity index (χ1) is 6.29. The maximum atomic E-state index is 6.00. The molecular formula is C10H19ClO2. The van der Waals surface area contributed by atoms with Crippen LogP contribution in [0.4, 0.5) is 0 Å². The molecule has 78 valence electrons. The third-order valence-electron chi connectivity index (χ3n) is 2.37. The molecule has 0 amide bonds. The van der Waals surface area contributed by atoms with Gasteiger partial charge in [-0.2, -0.15) is 0 Å². The maximum absolute atomic E-state index is 6.00. The van der Waals surface area contributed by atoms with Crippen LogP contribution in [0.2, 0.25) is 0 Å². The Bertz CT molecular complexity index is 141. The third kappa shape index (κ3) is 3.12. The fraction of sp³-hybridized carbons (Fsp3) is 1.00. The maximum Gasteiger partial charge on any atom is 0.100 e. The molecule has 0 aliphatic heterocycles. The van der Waals surface area contributed by atoms with Gasteiger partial charge >= 0.3 is 0 Å². The van der Waals surface area contributed by atoms with Crippen LogP contribution in [-0.2, 0) is 9.47 Å². The highest BCUT2D eigenvalue weighted by Gasteiger charge is 2.41. The van der Waals surface area contributed by atoms with Crippen molar-refractivity contribution in [2.24, 2.45) is 0 Å². The predicted molar refractivity (Wildman–Crippen MR) is 54.3 cm³/mol. The standard InChI is InChI=1S/C10H19ClO2/c1-3-5-6-13-9-7-8(11)10(9)12-4-2/h8-10H,3-7H2,1-2H3. The van der Waals surface area contributed by atoms with Crippen molar-refractivity contribution < 1.29 is 9.47 Å². The van der Waals surface area contributed by atoms with Gasteiger partial charge in [-0.1, -0.05) is 13.3 Å². The lowest BCUT2D eigenvalue weighted by Crippen LogP contribution is -2.51. The van der Waals surface area contributed by atoms with E-state index in [1.807, 2.05) is 6.92 Å². The van der Waals surface area contributed by atoms with E-state index in [9.17, 15) is 0 Å². The second-order valence-corrected chi connectivity index (χ2v) is 4.00. The van der Waals surface area contributed by atoms with Crippen LogP contribution in [0, 0.1) is 0 Å². The minimum atomic E-state index is 0.128. The number of hydrogen-bond acceptors (Lipinski definition) is 2. The molecule has 0 heterocycles. The molecule has 3 atom stereocenters. The molecule has 1 saturated carbocycles. The summed E-state index contributed by atoms with van der Waals surface area (Å²) in [5, 5.41) is 0.159. The van der Waals surface area contributed by atoms with E-state index in [0.29, 0.717) is 0 Å². The smallest absolute Gasteiger partial charge is 0.100 e. The molecule has 1 rings (SSSR count). The number of ether oxygens (including phenoxy) is 2. The van der Waals surface area contributed by atoms with Gasteiger partial charge in [-0.15, -0.1) is 11.6 Å². The van der Waals surface area contributed by atoms with Crippen molar-refractivity contribution in [2.45, 2.75) is 50.7 Å². The Morgan fingerprint density at radius 2 is 2.08 bits per heavy atom. The number of hydrogen-bond donors (Lipinski definition) is 0. The van der Waals surface area contributed by atoms with E-state index in [1.165, 1.54) is 6.42 Å². The van der Waals surface area contributed by atoms with Crippen LogP contribution in [0.3, 0.4) is 0 Å². The summed E-state index contributed by atoms with van der Waals surface area (Å²) in [7, 11) is 0. The molecule has 0 N–H and O–H groups in total. The Morgan fingerprint density at radius 3 is 2.62 bits per heavy atom. The van der Waals surface area contributed by atoms with Crippen LogP contribution in [0.1, 0.15) is 33.1 Å². The molecule has 3 heteroatoms. The quantitative estimate of drug-likeness (QED) is 0.491. The summed E-state index contributed by atoms with van der Waals surface area (Å²) in [6, 6.07) is 0. The average Bonchev–Trinajstić information content (AvgIpc) is 2.13. The highest BCUT2D eigenvalue weighted by molar-refractivity contribution is 6.21. The summed E-state index contributed by atoms with van der Waals surface area (Å²) in [4.78, 5) is 0. The molecular weight excluding hydrogens is 188 g/mol. The molecule has 3 unspecified atom stereocenters. The molecule has 13 heavy (non-hydrogen) atoms. The molecule has 0 bridgehead atoms. The van der Waals surface area contributed by atoms with Crippen LogP contribution in [0.5, 0.6) is 0 Å². The number of halogens is 1. The molecule has 0 radical (unpaired) electrons. The number of alkyl halides is 1. The molecule has 1 aliphatic rings. The highest BCUT2D eigenvalue weighted by atomic mass is 35.5. The summed E-state index contributed by atoms with van der Waals surface area (Å²) in [6.07, 6.45) is 3.62. The van der Waals surface area contributed by atoms with E-state index >= 15 is 0 Å². The molecule has 1 fully saturated rings. The second kappa shape index (κ2) is 5.84. The van der Waals surface area contributed by atoms with Gasteiger partial charge in [0.2, 0.25) is 0 Å². The lowest BCUT2D eigenvalue weighted by molar-refractivity contribution is -0.122. The average molecular weight is 207 g/mol. The Balaban J connectivity index is 2.12. The first-order valence-corrected chi connectivity index (χ1v) is 5.60. The minimum Gasteiger partial charge on any atom is -0.375 e. The van der Waals surface area contributed by atoms with E-state index in [0.717, 1.165) is 26.1 Å². The van der Waals surface area contributed by atoms with Gasteiger partial charge in [0.1, 0.15) is 6.10 Å². The predicted octanol–water partition coefficient (Wildman–Crippen LogP) is 2.59. The molecule has 0 spiro atoms. The summed E-state index contributed by atoms with van der Waals surface area (Å²) >= 11 is 6.00. The Hall–Kier alpha value is 0.210. The zero-order valence-electron chi connectivity index (χ0n) is 8.46. The molecule has 0 saturated heterocycles. The molecule has 1 aliphatic carbocycles. The van der Waals surface area contributed by atoms with Crippen molar-refractivity contribution in [3.8, 4) is 0 Å². The number of rotatable bonds is 6. The van der Waals surface area contributed by atoms with E-state index < -0.39 is 0 Å². The summed E-state index contributed by atoms with van der Waals surface area (Å²) in [5.41, 5.74) is 0. The van der Waals surface area contributed by atoms with Gasteiger partial charge in [-0.05, 0) is 19.8 Å². The largest absolute Gasteiger partial charge is 0.375 e. The van der Waals surface area contributed by atoms with Crippen molar-refractivity contribution in [1.82, 2.24) is 0 Å². The van der Waals surface area contributed by atoms with Gasteiger partial charge in [0, 0.05) is 13.2 Å². The van der Waals surface area contributed by atoms with Gasteiger partial charge < -0.3 is 9.47 Å². The van der Waals surface area contributed by atoms with Crippen LogP contribution >= 0.6 is 11.6 Å². The summed E-state index contributed by atoms with van der Waals surface area (Å²) in [6.45, 7) is 5.72. The highest BCUT2D eigenvalue weighted by Crippen LogP contribution is 2.31. The minimum absolute atomic E-state index is 0.128. The van der Waals surface area contributed by atoms with Crippen LogP contribution < -0.4 is 0 Å². The SMILES string of the molecule is CCCCOC1CC(Cl)C1OCC. The van der Waals surface area contributed by atoms with E-state index in [-0.39, 0.29) is 17.6 Å².